The number of carbonyl (C=O) groups excluding carboxylic acids is 1. The minimum absolute atomic E-state index is 0.0652. The van der Waals surface area contributed by atoms with Crippen molar-refractivity contribution in [1.82, 2.24) is 14.7 Å². The molecule has 1 aromatic heterocycles. The van der Waals surface area contributed by atoms with Crippen molar-refractivity contribution in [3.05, 3.63) is 17.5 Å². The van der Waals surface area contributed by atoms with Crippen molar-refractivity contribution in [2.45, 2.75) is 38.3 Å². The van der Waals surface area contributed by atoms with Gasteiger partial charge in [0, 0.05) is 31.4 Å². The number of methoxy groups -OCH3 is 1. The van der Waals surface area contributed by atoms with Gasteiger partial charge in [-0.05, 0) is 25.7 Å². The van der Waals surface area contributed by atoms with Crippen LogP contribution < -0.4 is 5.73 Å². The number of hydrogen-bond donors (Lipinski definition) is 1. The summed E-state index contributed by atoms with van der Waals surface area (Å²) in [4.78, 5) is 14.6. The predicted octanol–water partition coefficient (Wildman–Crippen LogP) is 0.791. The molecule has 2 N–H and O–H groups in total. The first-order valence-corrected chi connectivity index (χ1v) is 7.64. The molecule has 1 amide bonds. The quantitative estimate of drug-likeness (QED) is 0.890. The Kier molecular flexibility index (Phi) is 3.75. The van der Waals surface area contributed by atoms with Gasteiger partial charge in [-0.25, -0.2) is 0 Å². The molecule has 6 heteroatoms. The van der Waals surface area contributed by atoms with Gasteiger partial charge >= 0.3 is 0 Å². The molecule has 0 aromatic carbocycles. The molecule has 0 bridgehead atoms. The fourth-order valence-corrected chi connectivity index (χ4v) is 3.72. The Labute approximate surface area is 125 Å². The summed E-state index contributed by atoms with van der Waals surface area (Å²) in [7, 11) is 1.66. The van der Waals surface area contributed by atoms with Crippen LogP contribution in [0.4, 0.5) is 0 Å². The topological polar surface area (TPSA) is 73.4 Å². The van der Waals surface area contributed by atoms with E-state index in [0.717, 1.165) is 25.1 Å². The number of rotatable bonds is 4. The van der Waals surface area contributed by atoms with E-state index in [9.17, 15) is 4.79 Å². The highest BCUT2D eigenvalue weighted by atomic mass is 16.5. The Morgan fingerprint density at radius 3 is 3.14 bits per heavy atom. The van der Waals surface area contributed by atoms with Crippen molar-refractivity contribution in [1.29, 1.82) is 0 Å². The first-order chi connectivity index (χ1) is 10.0. The largest absolute Gasteiger partial charge is 0.383 e. The highest BCUT2D eigenvalue weighted by Crippen LogP contribution is 2.40. The van der Waals surface area contributed by atoms with E-state index in [1.807, 2.05) is 16.5 Å². The second kappa shape index (κ2) is 5.42. The van der Waals surface area contributed by atoms with Gasteiger partial charge in [-0.2, -0.15) is 5.10 Å². The summed E-state index contributed by atoms with van der Waals surface area (Å²) in [6, 6.07) is 0. The zero-order valence-electron chi connectivity index (χ0n) is 12.8. The third kappa shape index (κ3) is 2.46. The molecule has 116 valence electrons. The average molecular weight is 292 g/mol. The van der Waals surface area contributed by atoms with Crippen LogP contribution in [0.3, 0.4) is 0 Å². The average Bonchev–Trinajstić information content (AvgIpc) is 3.07. The molecule has 1 saturated heterocycles. The van der Waals surface area contributed by atoms with Crippen LogP contribution in [-0.4, -0.2) is 52.9 Å². The van der Waals surface area contributed by atoms with Gasteiger partial charge < -0.3 is 15.4 Å². The van der Waals surface area contributed by atoms with Crippen LogP contribution in [0.2, 0.25) is 0 Å². The maximum atomic E-state index is 12.7. The lowest BCUT2D eigenvalue weighted by Crippen LogP contribution is -2.44. The van der Waals surface area contributed by atoms with Crippen LogP contribution >= 0.6 is 0 Å². The summed E-state index contributed by atoms with van der Waals surface area (Å²) in [6.07, 6.45) is 5.04. The predicted molar refractivity (Wildman–Crippen MR) is 79.0 cm³/mol. The van der Waals surface area contributed by atoms with Gasteiger partial charge in [-0.3, -0.25) is 9.48 Å². The lowest BCUT2D eigenvalue weighted by atomic mass is 9.92. The van der Waals surface area contributed by atoms with Crippen LogP contribution in [0.1, 0.15) is 35.3 Å². The number of amides is 1. The zero-order chi connectivity index (χ0) is 15.0. The Hall–Kier alpha value is -1.40. The molecule has 1 saturated carbocycles. The molecule has 3 rings (SSSR count). The van der Waals surface area contributed by atoms with Crippen molar-refractivity contribution in [3.8, 4) is 0 Å². The van der Waals surface area contributed by atoms with E-state index in [1.54, 1.807) is 13.3 Å². The number of nitrogens with zero attached hydrogens (tertiary/aromatic N) is 3. The number of nitrogens with two attached hydrogens (primary N) is 1. The molecule has 1 aliphatic carbocycles. The van der Waals surface area contributed by atoms with Crippen molar-refractivity contribution in [2.24, 2.45) is 11.7 Å². The number of likely N-dealkylation sites (tertiary alicyclic amines) is 1. The smallest absolute Gasteiger partial charge is 0.257 e. The molecule has 21 heavy (non-hydrogen) atoms. The lowest BCUT2D eigenvalue weighted by Gasteiger charge is -2.23. The van der Waals surface area contributed by atoms with E-state index in [4.69, 9.17) is 10.5 Å². The molecule has 0 radical (unpaired) electrons. The number of carbonyl (C=O) groups is 1. The number of hydrogen-bond acceptors (Lipinski definition) is 4. The first kappa shape index (κ1) is 14.5. The second-order valence-corrected chi connectivity index (χ2v) is 6.37. The SMILES string of the molecule is COCCn1ncc(C(=O)N2CC3CCCC3(N)C2)c1C. The number of fused-ring (bicyclic) bond motifs is 1. The second-order valence-electron chi connectivity index (χ2n) is 6.37. The maximum Gasteiger partial charge on any atom is 0.257 e. The first-order valence-electron chi connectivity index (χ1n) is 7.64. The van der Waals surface area contributed by atoms with E-state index in [0.29, 0.717) is 31.2 Å². The van der Waals surface area contributed by atoms with Gasteiger partial charge in [0.15, 0.2) is 0 Å². The molecule has 2 fully saturated rings. The fourth-order valence-electron chi connectivity index (χ4n) is 3.72. The third-order valence-corrected chi connectivity index (χ3v) is 5.06. The van der Waals surface area contributed by atoms with Crippen LogP contribution in [0.15, 0.2) is 6.20 Å². The van der Waals surface area contributed by atoms with Crippen LogP contribution in [0.5, 0.6) is 0 Å². The number of ether oxygens (including phenoxy) is 1. The van der Waals surface area contributed by atoms with Crippen molar-refractivity contribution < 1.29 is 9.53 Å². The third-order valence-electron chi connectivity index (χ3n) is 5.06. The highest BCUT2D eigenvalue weighted by Gasteiger charge is 2.48. The Balaban J connectivity index is 1.73. The van der Waals surface area contributed by atoms with Gasteiger partial charge in [0.25, 0.3) is 5.91 Å². The Morgan fingerprint density at radius 1 is 1.62 bits per heavy atom. The molecule has 1 aromatic rings. The van der Waals surface area contributed by atoms with E-state index in [1.165, 1.54) is 6.42 Å². The van der Waals surface area contributed by atoms with E-state index in [-0.39, 0.29) is 11.4 Å². The minimum atomic E-state index is -0.157. The summed E-state index contributed by atoms with van der Waals surface area (Å²) in [5.74, 6) is 0.528. The standard InChI is InChI=1S/C15H24N4O2/c1-11-13(8-17-19(11)6-7-21-2)14(20)18-9-12-4-3-5-15(12,16)10-18/h8,12H,3-7,9-10,16H2,1-2H3. The molecular weight excluding hydrogens is 268 g/mol. The Bertz CT molecular complexity index is 542. The molecule has 2 atom stereocenters. The minimum Gasteiger partial charge on any atom is -0.383 e. The van der Waals surface area contributed by atoms with Gasteiger partial charge in [0.2, 0.25) is 0 Å². The molecule has 0 spiro atoms. The van der Waals surface area contributed by atoms with E-state index in [2.05, 4.69) is 5.10 Å². The van der Waals surface area contributed by atoms with Gasteiger partial charge in [-0.1, -0.05) is 6.42 Å². The molecule has 6 nitrogen and oxygen atoms in total. The summed E-state index contributed by atoms with van der Waals surface area (Å²) < 4.78 is 6.89. The van der Waals surface area contributed by atoms with Crippen LogP contribution in [-0.2, 0) is 11.3 Å². The van der Waals surface area contributed by atoms with Gasteiger partial charge in [0.05, 0.1) is 24.9 Å². The van der Waals surface area contributed by atoms with Crippen LogP contribution in [0.25, 0.3) is 0 Å². The normalized spacial score (nSPS) is 28.1. The van der Waals surface area contributed by atoms with Crippen molar-refractivity contribution >= 4 is 5.91 Å². The monoisotopic (exact) mass is 292 g/mol. The highest BCUT2D eigenvalue weighted by molar-refractivity contribution is 5.95. The summed E-state index contributed by atoms with van der Waals surface area (Å²) in [5, 5.41) is 4.29. The molecule has 2 aliphatic rings. The van der Waals surface area contributed by atoms with Gasteiger partial charge in [-0.15, -0.1) is 0 Å². The summed E-state index contributed by atoms with van der Waals surface area (Å²) >= 11 is 0. The van der Waals surface area contributed by atoms with Gasteiger partial charge in [0.1, 0.15) is 0 Å². The Morgan fingerprint density at radius 2 is 2.43 bits per heavy atom. The van der Waals surface area contributed by atoms with E-state index >= 15 is 0 Å². The molecule has 2 unspecified atom stereocenters. The summed E-state index contributed by atoms with van der Waals surface area (Å²) in [5.41, 5.74) is 7.88. The molecular formula is C15H24N4O2. The fraction of sp³-hybridized carbons (Fsp3) is 0.733. The van der Waals surface area contributed by atoms with Crippen LogP contribution in [0, 0.1) is 12.8 Å². The lowest BCUT2D eigenvalue weighted by molar-refractivity contribution is 0.0777. The zero-order valence-corrected chi connectivity index (χ0v) is 12.8. The summed E-state index contributed by atoms with van der Waals surface area (Å²) in [6.45, 7) is 4.66. The maximum absolute atomic E-state index is 12.7. The molecule has 2 heterocycles. The van der Waals surface area contributed by atoms with Crippen molar-refractivity contribution in [3.63, 3.8) is 0 Å². The number of aromatic nitrogens is 2. The molecule has 1 aliphatic heterocycles. The van der Waals surface area contributed by atoms with Crippen molar-refractivity contribution in [2.75, 3.05) is 26.8 Å². The van der Waals surface area contributed by atoms with E-state index < -0.39 is 0 Å².